The maximum Gasteiger partial charge on any atom is 0.343 e. The van der Waals surface area contributed by atoms with Crippen LogP contribution in [0.15, 0.2) is 42.5 Å². The molecular formula is C23H27NO6. The molecule has 0 unspecified atom stereocenters. The normalized spacial score (nSPS) is 10.5. The van der Waals surface area contributed by atoms with Crippen molar-refractivity contribution in [1.29, 1.82) is 0 Å². The molecule has 1 N–H and O–H groups in total. The Morgan fingerprint density at radius 2 is 1.70 bits per heavy atom. The van der Waals surface area contributed by atoms with Gasteiger partial charge < -0.3 is 24.3 Å². The largest absolute Gasteiger partial charge is 0.490 e. The van der Waals surface area contributed by atoms with Gasteiger partial charge in [-0.05, 0) is 68.3 Å². The fourth-order valence-electron chi connectivity index (χ4n) is 2.59. The highest BCUT2D eigenvalue weighted by Crippen LogP contribution is 2.29. The summed E-state index contributed by atoms with van der Waals surface area (Å²) in [6.45, 7) is 6.55. The van der Waals surface area contributed by atoms with Crippen molar-refractivity contribution in [2.45, 2.75) is 20.8 Å². The Bertz CT molecular complexity index is 907. The monoisotopic (exact) mass is 413 g/mol. The number of ether oxygens (including phenoxy) is 4. The predicted molar refractivity (Wildman–Crippen MR) is 115 cm³/mol. The number of anilines is 1. The summed E-state index contributed by atoms with van der Waals surface area (Å²) < 4.78 is 21.0. The number of carbonyl (C=O) groups is 2. The minimum absolute atomic E-state index is 0.170. The standard InChI is InChI=1S/C23H27NO6/c1-5-28-20-11-7-17(14-21(20)29-6-2)8-12-22(25)24-19-10-9-18(13-16(19)3)30-15-23(26)27-4/h7-14H,5-6,15H2,1-4H3,(H,24,25). The Balaban J connectivity index is 2.02. The highest BCUT2D eigenvalue weighted by atomic mass is 16.6. The molecule has 0 aliphatic rings. The molecule has 0 aromatic heterocycles. The van der Waals surface area contributed by atoms with Crippen molar-refractivity contribution in [3.8, 4) is 17.2 Å². The Morgan fingerprint density at radius 1 is 0.967 bits per heavy atom. The van der Waals surface area contributed by atoms with Crippen molar-refractivity contribution in [2.24, 2.45) is 0 Å². The molecule has 0 heterocycles. The third-order valence-electron chi connectivity index (χ3n) is 4.03. The molecule has 0 radical (unpaired) electrons. The molecule has 30 heavy (non-hydrogen) atoms. The first-order valence-electron chi connectivity index (χ1n) is 9.65. The molecule has 0 spiro atoms. The van der Waals surface area contributed by atoms with Gasteiger partial charge in [0.1, 0.15) is 5.75 Å². The van der Waals surface area contributed by atoms with Gasteiger partial charge in [-0.15, -0.1) is 0 Å². The third-order valence-corrected chi connectivity index (χ3v) is 4.03. The van der Waals surface area contributed by atoms with E-state index in [2.05, 4.69) is 10.1 Å². The Labute approximate surface area is 176 Å². The molecular weight excluding hydrogens is 386 g/mol. The van der Waals surface area contributed by atoms with Crippen LogP contribution < -0.4 is 19.5 Å². The van der Waals surface area contributed by atoms with Crippen LogP contribution in [0.4, 0.5) is 5.69 Å². The maximum absolute atomic E-state index is 12.3. The molecule has 0 aliphatic carbocycles. The maximum atomic E-state index is 12.3. The average molecular weight is 413 g/mol. The minimum Gasteiger partial charge on any atom is -0.490 e. The van der Waals surface area contributed by atoms with Crippen LogP contribution in [0, 0.1) is 6.92 Å². The van der Waals surface area contributed by atoms with Crippen LogP contribution in [-0.4, -0.2) is 38.8 Å². The third kappa shape index (κ3) is 6.84. The molecule has 160 valence electrons. The fraction of sp³-hybridized carbons (Fsp3) is 0.304. The van der Waals surface area contributed by atoms with Gasteiger partial charge in [-0.1, -0.05) is 6.07 Å². The van der Waals surface area contributed by atoms with E-state index in [4.69, 9.17) is 14.2 Å². The van der Waals surface area contributed by atoms with E-state index in [1.165, 1.54) is 13.2 Å². The number of benzene rings is 2. The molecule has 0 bridgehead atoms. The Morgan fingerprint density at radius 3 is 2.37 bits per heavy atom. The molecule has 1 amide bonds. The first-order valence-corrected chi connectivity index (χ1v) is 9.65. The number of amides is 1. The summed E-state index contributed by atoms with van der Waals surface area (Å²) in [4.78, 5) is 23.5. The van der Waals surface area contributed by atoms with E-state index in [0.717, 1.165) is 11.1 Å². The van der Waals surface area contributed by atoms with E-state index < -0.39 is 5.97 Å². The lowest BCUT2D eigenvalue weighted by Crippen LogP contribution is -2.13. The van der Waals surface area contributed by atoms with E-state index in [0.29, 0.717) is 36.1 Å². The highest BCUT2D eigenvalue weighted by molar-refractivity contribution is 6.02. The average Bonchev–Trinajstić information content (AvgIpc) is 2.74. The second-order valence-corrected chi connectivity index (χ2v) is 6.24. The van der Waals surface area contributed by atoms with Gasteiger partial charge in [0.05, 0.1) is 20.3 Å². The number of esters is 1. The molecule has 0 saturated carbocycles. The fourth-order valence-corrected chi connectivity index (χ4v) is 2.59. The lowest BCUT2D eigenvalue weighted by Gasteiger charge is -2.11. The van der Waals surface area contributed by atoms with Gasteiger partial charge >= 0.3 is 5.97 Å². The molecule has 2 rings (SSSR count). The number of hydrogen-bond acceptors (Lipinski definition) is 6. The van der Waals surface area contributed by atoms with Crippen LogP contribution >= 0.6 is 0 Å². The van der Waals surface area contributed by atoms with Crippen molar-refractivity contribution >= 4 is 23.6 Å². The first-order chi connectivity index (χ1) is 14.5. The van der Waals surface area contributed by atoms with Crippen LogP contribution in [-0.2, 0) is 14.3 Å². The van der Waals surface area contributed by atoms with Crippen molar-refractivity contribution in [1.82, 2.24) is 0 Å². The predicted octanol–water partition coefficient (Wildman–Crippen LogP) is 4.00. The van der Waals surface area contributed by atoms with Gasteiger partial charge in [-0.3, -0.25) is 4.79 Å². The van der Waals surface area contributed by atoms with Gasteiger partial charge in [-0.25, -0.2) is 4.79 Å². The molecule has 7 nitrogen and oxygen atoms in total. The van der Waals surface area contributed by atoms with E-state index in [9.17, 15) is 9.59 Å². The summed E-state index contributed by atoms with van der Waals surface area (Å²) in [6, 6.07) is 10.6. The molecule has 0 aliphatic heterocycles. The van der Waals surface area contributed by atoms with E-state index >= 15 is 0 Å². The number of rotatable bonds is 10. The zero-order chi connectivity index (χ0) is 21.9. The topological polar surface area (TPSA) is 83.1 Å². The summed E-state index contributed by atoms with van der Waals surface area (Å²) in [5.74, 6) is 1.10. The number of aryl methyl sites for hydroxylation is 1. The summed E-state index contributed by atoms with van der Waals surface area (Å²) in [5, 5.41) is 2.83. The zero-order valence-electron chi connectivity index (χ0n) is 17.7. The molecule has 0 saturated heterocycles. The summed E-state index contributed by atoms with van der Waals surface area (Å²) in [5.41, 5.74) is 2.27. The van der Waals surface area contributed by atoms with E-state index in [-0.39, 0.29) is 12.5 Å². The van der Waals surface area contributed by atoms with Gasteiger partial charge in [0.25, 0.3) is 0 Å². The summed E-state index contributed by atoms with van der Waals surface area (Å²) in [6.07, 6.45) is 3.16. The highest BCUT2D eigenvalue weighted by Gasteiger charge is 2.07. The lowest BCUT2D eigenvalue weighted by molar-refractivity contribution is -0.142. The first kappa shape index (κ1) is 22.8. The van der Waals surface area contributed by atoms with Crippen LogP contribution in [0.2, 0.25) is 0 Å². The van der Waals surface area contributed by atoms with Crippen LogP contribution in [0.5, 0.6) is 17.2 Å². The number of nitrogens with one attached hydrogen (secondary N) is 1. The lowest BCUT2D eigenvalue weighted by atomic mass is 10.1. The molecule has 0 fully saturated rings. The number of carbonyl (C=O) groups excluding carboxylic acids is 2. The smallest absolute Gasteiger partial charge is 0.343 e. The molecule has 2 aromatic rings. The molecule has 0 atom stereocenters. The second-order valence-electron chi connectivity index (χ2n) is 6.24. The van der Waals surface area contributed by atoms with Crippen LogP contribution in [0.25, 0.3) is 6.08 Å². The van der Waals surface area contributed by atoms with Crippen molar-refractivity contribution in [3.05, 3.63) is 53.6 Å². The van der Waals surface area contributed by atoms with Crippen molar-refractivity contribution < 1.29 is 28.5 Å². The van der Waals surface area contributed by atoms with Crippen molar-refractivity contribution in [3.63, 3.8) is 0 Å². The van der Waals surface area contributed by atoms with Gasteiger partial charge in [0.15, 0.2) is 18.1 Å². The summed E-state index contributed by atoms with van der Waals surface area (Å²) >= 11 is 0. The van der Waals surface area contributed by atoms with E-state index in [1.807, 2.05) is 39.0 Å². The number of hydrogen-bond donors (Lipinski definition) is 1. The summed E-state index contributed by atoms with van der Waals surface area (Å²) in [7, 11) is 1.30. The molecule has 2 aromatic carbocycles. The second kappa shape index (κ2) is 11.5. The van der Waals surface area contributed by atoms with Crippen LogP contribution in [0.1, 0.15) is 25.0 Å². The quantitative estimate of drug-likeness (QED) is 0.468. The van der Waals surface area contributed by atoms with Gasteiger partial charge in [0.2, 0.25) is 5.91 Å². The molecule has 7 heteroatoms. The minimum atomic E-state index is -0.461. The Kier molecular flexibility index (Phi) is 8.75. The zero-order valence-corrected chi connectivity index (χ0v) is 17.7. The van der Waals surface area contributed by atoms with Gasteiger partial charge in [0, 0.05) is 11.8 Å². The SMILES string of the molecule is CCOc1ccc(C=CC(=O)Nc2ccc(OCC(=O)OC)cc2C)cc1OCC. The Hall–Kier alpha value is -3.48. The van der Waals surface area contributed by atoms with Crippen LogP contribution in [0.3, 0.4) is 0 Å². The van der Waals surface area contributed by atoms with E-state index in [1.54, 1.807) is 24.3 Å². The van der Waals surface area contributed by atoms with Crippen molar-refractivity contribution in [2.75, 3.05) is 32.2 Å². The van der Waals surface area contributed by atoms with Gasteiger partial charge in [-0.2, -0.15) is 0 Å². The number of methoxy groups -OCH3 is 1.